The van der Waals surface area contributed by atoms with E-state index in [1.54, 1.807) is 0 Å². The van der Waals surface area contributed by atoms with Crippen LogP contribution in [0.5, 0.6) is 0 Å². The van der Waals surface area contributed by atoms with Crippen molar-refractivity contribution in [2.24, 2.45) is 0 Å². The Morgan fingerprint density at radius 1 is 0.909 bits per heavy atom. The maximum atomic E-state index is 12.3. The minimum Gasteiger partial charge on any atom is -0.346 e. The van der Waals surface area contributed by atoms with E-state index in [9.17, 15) is 4.79 Å². The lowest BCUT2D eigenvalue weighted by Crippen LogP contribution is -2.26. The zero-order valence-corrected chi connectivity index (χ0v) is 12.8. The minimum absolute atomic E-state index is 0.0300. The van der Waals surface area contributed by atoms with E-state index < -0.39 is 0 Å². The van der Waals surface area contributed by atoms with Gasteiger partial charge in [-0.25, -0.2) is 0 Å². The van der Waals surface area contributed by atoms with Gasteiger partial charge in [0.15, 0.2) is 0 Å². The van der Waals surface area contributed by atoms with Gasteiger partial charge in [0, 0.05) is 5.56 Å². The van der Waals surface area contributed by atoms with Gasteiger partial charge in [0.25, 0.3) is 5.91 Å². The fourth-order valence-electron chi connectivity index (χ4n) is 2.63. The average Bonchev–Trinajstić information content (AvgIpc) is 2.54. The summed E-state index contributed by atoms with van der Waals surface area (Å²) in [4.78, 5) is 12.3. The van der Waals surface area contributed by atoms with Crippen LogP contribution in [0.3, 0.4) is 0 Å². The van der Waals surface area contributed by atoms with Crippen LogP contribution in [0.1, 0.15) is 34.5 Å². The molecule has 1 amide bonds. The van der Waals surface area contributed by atoms with Crippen LogP contribution in [0.15, 0.2) is 66.7 Å². The molecule has 0 aliphatic rings. The van der Waals surface area contributed by atoms with Crippen LogP contribution in [-0.4, -0.2) is 5.91 Å². The highest BCUT2D eigenvalue weighted by Gasteiger charge is 2.11. The van der Waals surface area contributed by atoms with Crippen molar-refractivity contribution in [3.05, 3.63) is 83.4 Å². The number of nitrogens with one attached hydrogen (secondary N) is 1. The van der Waals surface area contributed by atoms with Crippen molar-refractivity contribution in [3.8, 4) is 0 Å². The summed E-state index contributed by atoms with van der Waals surface area (Å²) >= 11 is 0. The van der Waals surface area contributed by atoms with Gasteiger partial charge in [-0.05, 0) is 48.4 Å². The Bertz CT molecular complexity index is 823. The summed E-state index contributed by atoms with van der Waals surface area (Å²) in [5.74, 6) is -0.0376. The second-order valence-electron chi connectivity index (χ2n) is 5.67. The largest absolute Gasteiger partial charge is 0.346 e. The van der Waals surface area contributed by atoms with Gasteiger partial charge in [0.2, 0.25) is 0 Å². The van der Waals surface area contributed by atoms with Crippen LogP contribution in [0.4, 0.5) is 0 Å². The van der Waals surface area contributed by atoms with Crippen molar-refractivity contribution < 1.29 is 4.79 Å². The van der Waals surface area contributed by atoms with Gasteiger partial charge < -0.3 is 5.32 Å². The van der Waals surface area contributed by atoms with Gasteiger partial charge in [-0.3, -0.25) is 4.79 Å². The fraction of sp³-hybridized carbons (Fsp3) is 0.150. The maximum absolute atomic E-state index is 12.3. The second-order valence-corrected chi connectivity index (χ2v) is 5.67. The molecule has 0 bridgehead atoms. The molecule has 0 heterocycles. The third-order valence-electron chi connectivity index (χ3n) is 3.90. The van der Waals surface area contributed by atoms with Gasteiger partial charge in [-0.2, -0.15) is 0 Å². The number of amides is 1. The van der Waals surface area contributed by atoms with E-state index in [4.69, 9.17) is 0 Å². The van der Waals surface area contributed by atoms with Crippen molar-refractivity contribution in [1.82, 2.24) is 5.32 Å². The molecular weight excluding hydrogens is 270 g/mol. The smallest absolute Gasteiger partial charge is 0.251 e. The number of aryl methyl sites for hydroxylation is 1. The van der Waals surface area contributed by atoms with E-state index in [0.717, 1.165) is 11.1 Å². The molecule has 0 aliphatic carbocycles. The van der Waals surface area contributed by atoms with Crippen LogP contribution in [0.2, 0.25) is 0 Å². The zero-order chi connectivity index (χ0) is 15.5. The predicted octanol–water partition coefficient (Wildman–Crippen LogP) is 4.64. The molecule has 1 N–H and O–H groups in total. The van der Waals surface area contributed by atoms with E-state index in [0.29, 0.717) is 5.56 Å². The molecule has 3 aromatic rings. The molecule has 3 rings (SSSR count). The van der Waals surface area contributed by atoms with Gasteiger partial charge in [0.1, 0.15) is 0 Å². The summed E-state index contributed by atoms with van der Waals surface area (Å²) in [5, 5.41) is 5.47. The highest BCUT2D eigenvalue weighted by atomic mass is 16.1. The fourth-order valence-corrected chi connectivity index (χ4v) is 2.63. The van der Waals surface area contributed by atoms with E-state index in [-0.39, 0.29) is 11.9 Å². The van der Waals surface area contributed by atoms with Crippen molar-refractivity contribution in [1.29, 1.82) is 0 Å². The third kappa shape index (κ3) is 3.01. The van der Waals surface area contributed by atoms with Crippen molar-refractivity contribution >= 4 is 16.7 Å². The van der Waals surface area contributed by atoms with Crippen LogP contribution in [0.25, 0.3) is 10.8 Å². The summed E-state index contributed by atoms with van der Waals surface area (Å²) in [7, 11) is 0. The topological polar surface area (TPSA) is 29.1 Å². The van der Waals surface area contributed by atoms with Crippen LogP contribution < -0.4 is 5.32 Å². The van der Waals surface area contributed by atoms with E-state index in [1.807, 2.05) is 50.2 Å². The number of hydrogen-bond donors (Lipinski definition) is 1. The maximum Gasteiger partial charge on any atom is 0.251 e. The third-order valence-corrected chi connectivity index (χ3v) is 3.90. The minimum atomic E-state index is -0.0376. The Hall–Kier alpha value is -2.61. The summed E-state index contributed by atoms with van der Waals surface area (Å²) in [6, 6.07) is 22.2. The van der Waals surface area contributed by atoms with Gasteiger partial charge >= 0.3 is 0 Å². The Morgan fingerprint density at radius 2 is 1.68 bits per heavy atom. The van der Waals surface area contributed by atoms with Crippen LogP contribution >= 0.6 is 0 Å². The molecule has 0 unspecified atom stereocenters. The first-order chi connectivity index (χ1) is 10.6. The van der Waals surface area contributed by atoms with E-state index >= 15 is 0 Å². The molecule has 0 fully saturated rings. The predicted molar refractivity (Wildman–Crippen MR) is 91.0 cm³/mol. The molecule has 0 spiro atoms. The zero-order valence-electron chi connectivity index (χ0n) is 12.8. The molecule has 110 valence electrons. The molecule has 0 aromatic heterocycles. The molecule has 0 aliphatic heterocycles. The number of hydrogen-bond acceptors (Lipinski definition) is 1. The van der Waals surface area contributed by atoms with Gasteiger partial charge in [0.05, 0.1) is 6.04 Å². The summed E-state index contributed by atoms with van der Waals surface area (Å²) in [6.07, 6.45) is 0. The first-order valence-electron chi connectivity index (χ1n) is 7.50. The first kappa shape index (κ1) is 14.3. The summed E-state index contributed by atoms with van der Waals surface area (Å²) in [5.41, 5.74) is 2.90. The molecule has 3 aromatic carbocycles. The number of carbonyl (C=O) groups is 1. The molecular formula is C20H19NO. The lowest BCUT2D eigenvalue weighted by molar-refractivity contribution is 0.0940. The lowest BCUT2D eigenvalue weighted by atomic mass is 10.0. The second kappa shape index (κ2) is 6.02. The van der Waals surface area contributed by atoms with E-state index in [1.165, 1.54) is 10.8 Å². The van der Waals surface area contributed by atoms with Crippen molar-refractivity contribution in [3.63, 3.8) is 0 Å². The Morgan fingerprint density at radius 3 is 2.45 bits per heavy atom. The Balaban J connectivity index is 1.80. The standard InChI is InChI=1S/C20H19NO/c1-14-6-5-9-19(12-14)20(22)21-15(2)17-11-10-16-7-3-4-8-18(16)13-17/h3-13,15H,1-2H3,(H,21,22)/t15-/m1/s1. The first-order valence-corrected chi connectivity index (χ1v) is 7.50. The molecule has 2 nitrogen and oxygen atoms in total. The van der Waals surface area contributed by atoms with Crippen molar-refractivity contribution in [2.45, 2.75) is 19.9 Å². The molecule has 1 atom stereocenters. The van der Waals surface area contributed by atoms with Crippen LogP contribution in [0, 0.1) is 6.92 Å². The van der Waals surface area contributed by atoms with E-state index in [2.05, 4.69) is 35.6 Å². The van der Waals surface area contributed by atoms with Crippen molar-refractivity contribution in [2.75, 3.05) is 0 Å². The summed E-state index contributed by atoms with van der Waals surface area (Å²) in [6.45, 7) is 4.00. The monoisotopic (exact) mass is 289 g/mol. The molecule has 2 heteroatoms. The number of benzene rings is 3. The molecule has 0 radical (unpaired) electrons. The molecule has 22 heavy (non-hydrogen) atoms. The number of fused-ring (bicyclic) bond motifs is 1. The summed E-state index contributed by atoms with van der Waals surface area (Å²) < 4.78 is 0. The Labute approximate surface area is 130 Å². The SMILES string of the molecule is Cc1cccc(C(=O)N[C@H](C)c2ccc3ccccc3c2)c1. The van der Waals surface area contributed by atoms with Gasteiger partial charge in [-0.15, -0.1) is 0 Å². The number of carbonyl (C=O) groups excluding carboxylic acids is 1. The highest BCUT2D eigenvalue weighted by molar-refractivity contribution is 5.94. The van der Waals surface area contributed by atoms with Crippen LogP contribution in [-0.2, 0) is 0 Å². The Kier molecular flexibility index (Phi) is 3.92. The normalized spacial score (nSPS) is 12.1. The van der Waals surface area contributed by atoms with Gasteiger partial charge in [-0.1, -0.05) is 54.1 Å². The highest BCUT2D eigenvalue weighted by Crippen LogP contribution is 2.20. The number of rotatable bonds is 3. The molecule has 0 saturated carbocycles. The lowest BCUT2D eigenvalue weighted by Gasteiger charge is -2.15. The quantitative estimate of drug-likeness (QED) is 0.747. The average molecular weight is 289 g/mol. The molecule has 0 saturated heterocycles.